The van der Waals surface area contributed by atoms with Crippen molar-refractivity contribution in [3.8, 4) is 11.8 Å². The lowest BCUT2D eigenvalue weighted by atomic mass is 10.2. The molecule has 0 bridgehead atoms. The van der Waals surface area contributed by atoms with Gasteiger partial charge in [0.05, 0.1) is 4.92 Å². The van der Waals surface area contributed by atoms with Gasteiger partial charge >= 0.3 is 0 Å². The molecule has 0 aliphatic carbocycles. The highest BCUT2D eigenvalue weighted by Crippen LogP contribution is 2.25. The number of hydrogen-bond acceptors (Lipinski definition) is 2. The zero-order chi connectivity index (χ0) is 9.84. The van der Waals surface area contributed by atoms with Crippen LogP contribution in [-0.4, -0.2) is 4.92 Å². The van der Waals surface area contributed by atoms with Crippen molar-refractivity contribution >= 4 is 21.6 Å². The highest BCUT2D eigenvalue weighted by Gasteiger charge is 2.13. The van der Waals surface area contributed by atoms with E-state index in [2.05, 4.69) is 27.8 Å². The van der Waals surface area contributed by atoms with E-state index in [0.29, 0.717) is 10.0 Å². The van der Waals surface area contributed by atoms with Gasteiger partial charge in [0.2, 0.25) is 0 Å². The number of nitrogens with zero attached hydrogens (tertiary/aromatic N) is 1. The van der Waals surface area contributed by atoms with Gasteiger partial charge in [-0.2, -0.15) is 0 Å². The van der Waals surface area contributed by atoms with Crippen LogP contribution in [0.4, 0.5) is 5.69 Å². The summed E-state index contributed by atoms with van der Waals surface area (Å²) in [5, 5.41) is 10.6. The van der Waals surface area contributed by atoms with E-state index in [1.807, 2.05) is 0 Å². The van der Waals surface area contributed by atoms with Crippen LogP contribution in [0, 0.1) is 22.0 Å². The predicted octanol–water partition coefficient (Wildman–Crippen LogP) is 2.73. The van der Waals surface area contributed by atoms with E-state index in [4.69, 9.17) is 0 Å². The van der Waals surface area contributed by atoms with Crippen LogP contribution in [0.3, 0.4) is 0 Å². The molecule has 1 aromatic carbocycles. The molecule has 0 aliphatic rings. The molecule has 0 unspecified atom stereocenters. The lowest BCUT2D eigenvalue weighted by molar-refractivity contribution is -0.385. The molecule has 0 fully saturated rings. The Kier molecular flexibility index (Phi) is 3.04. The number of rotatable bonds is 1. The van der Waals surface area contributed by atoms with Crippen LogP contribution >= 0.6 is 15.9 Å². The second-order valence-corrected chi connectivity index (χ2v) is 3.12. The summed E-state index contributed by atoms with van der Waals surface area (Å²) < 4.78 is 0.649. The van der Waals surface area contributed by atoms with Crippen LogP contribution in [0.15, 0.2) is 22.7 Å². The standard InChI is InChI=1S/C9H6BrNO2/c1-2-4-7-8(10)5-3-6-9(7)11(12)13/h3,5-6H,1H3. The first-order valence-corrected chi connectivity index (χ1v) is 4.31. The van der Waals surface area contributed by atoms with Crippen molar-refractivity contribution in [1.82, 2.24) is 0 Å². The minimum Gasteiger partial charge on any atom is -0.258 e. The van der Waals surface area contributed by atoms with Crippen LogP contribution in [0.5, 0.6) is 0 Å². The van der Waals surface area contributed by atoms with Crippen LogP contribution in [0.25, 0.3) is 0 Å². The zero-order valence-corrected chi connectivity index (χ0v) is 8.46. The summed E-state index contributed by atoms with van der Waals surface area (Å²) in [6.45, 7) is 1.64. The summed E-state index contributed by atoms with van der Waals surface area (Å²) in [4.78, 5) is 10.1. The number of hydrogen-bond donors (Lipinski definition) is 0. The monoisotopic (exact) mass is 239 g/mol. The molecule has 4 heteroatoms. The molecule has 0 spiro atoms. The predicted molar refractivity (Wildman–Crippen MR) is 53.3 cm³/mol. The van der Waals surface area contributed by atoms with E-state index in [1.165, 1.54) is 6.07 Å². The molecule has 1 rings (SSSR count). The molecule has 0 N–H and O–H groups in total. The van der Waals surface area contributed by atoms with Crippen molar-refractivity contribution in [1.29, 1.82) is 0 Å². The van der Waals surface area contributed by atoms with Crippen molar-refractivity contribution in [2.75, 3.05) is 0 Å². The molecule has 0 amide bonds. The third-order valence-electron chi connectivity index (χ3n) is 1.44. The molecule has 13 heavy (non-hydrogen) atoms. The summed E-state index contributed by atoms with van der Waals surface area (Å²) in [5.41, 5.74) is 0.457. The average Bonchev–Trinajstić information content (AvgIpc) is 2.08. The van der Waals surface area contributed by atoms with Gasteiger partial charge in [-0.25, -0.2) is 0 Å². The van der Waals surface area contributed by atoms with E-state index >= 15 is 0 Å². The quantitative estimate of drug-likeness (QED) is 0.430. The topological polar surface area (TPSA) is 43.1 Å². The molecule has 0 atom stereocenters. The smallest absolute Gasteiger partial charge is 0.258 e. The van der Waals surface area contributed by atoms with E-state index in [9.17, 15) is 10.1 Å². The summed E-state index contributed by atoms with van der Waals surface area (Å²) in [6, 6.07) is 4.78. The Morgan fingerprint density at radius 3 is 2.77 bits per heavy atom. The van der Waals surface area contributed by atoms with E-state index < -0.39 is 4.92 Å². The fourth-order valence-corrected chi connectivity index (χ4v) is 1.37. The van der Waals surface area contributed by atoms with Gasteiger partial charge in [0.15, 0.2) is 0 Å². The summed E-state index contributed by atoms with van der Waals surface area (Å²) in [6.07, 6.45) is 0. The van der Waals surface area contributed by atoms with Gasteiger partial charge in [-0.3, -0.25) is 10.1 Å². The maximum Gasteiger partial charge on any atom is 0.286 e. The Labute approximate surface area is 84.0 Å². The molecule has 66 valence electrons. The number of nitro groups is 1. The highest BCUT2D eigenvalue weighted by molar-refractivity contribution is 9.10. The molecule has 0 saturated heterocycles. The highest BCUT2D eigenvalue weighted by atomic mass is 79.9. The van der Waals surface area contributed by atoms with Crippen LogP contribution in [0.1, 0.15) is 12.5 Å². The van der Waals surface area contributed by atoms with Gasteiger partial charge in [0, 0.05) is 10.5 Å². The van der Waals surface area contributed by atoms with Gasteiger partial charge in [-0.05, 0) is 28.9 Å². The molecule has 0 radical (unpaired) electrons. The van der Waals surface area contributed by atoms with Gasteiger partial charge < -0.3 is 0 Å². The van der Waals surface area contributed by atoms with Crippen molar-refractivity contribution in [2.24, 2.45) is 0 Å². The Bertz CT molecular complexity index is 404. The van der Waals surface area contributed by atoms with Gasteiger partial charge in [0.1, 0.15) is 5.56 Å². The first-order chi connectivity index (χ1) is 6.16. The van der Waals surface area contributed by atoms with E-state index in [1.54, 1.807) is 19.1 Å². The summed E-state index contributed by atoms with van der Waals surface area (Å²) in [5.74, 6) is 5.32. The maximum absolute atomic E-state index is 10.6. The second kappa shape index (κ2) is 4.06. The number of halogens is 1. The second-order valence-electron chi connectivity index (χ2n) is 2.27. The fraction of sp³-hybridized carbons (Fsp3) is 0.111. The molecule has 0 saturated carbocycles. The molecule has 3 nitrogen and oxygen atoms in total. The lowest BCUT2D eigenvalue weighted by Gasteiger charge is -1.96. The number of benzene rings is 1. The Balaban J connectivity index is 3.39. The zero-order valence-electron chi connectivity index (χ0n) is 6.87. The van der Waals surface area contributed by atoms with Crippen molar-refractivity contribution in [3.63, 3.8) is 0 Å². The first-order valence-electron chi connectivity index (χ1n) is 3.52. The Hall–Kier alpha value is -1.34. The molecule has 0 heterocycles. The molecular formula is C9H6BrNO2. The van der Waals surface area contributed by atoms with Gasteiger partial charge in [-0.1, -0.05) is 12.0 Å². The fourth-order valence-electron chi connectivity index (χ4n) is 0.914. The lowest BCUT2D eigenvalue weighted by Crippen LogP contribution is -1.92. The third-order valence-corrected chi connectivity index (χ3v) is 2.10. The van der Waals surface area contributed by atoms with Crippen molar-refractivity contribution in [3.05, 3.63) is 38.3 Å². The SMILES string of the molecule is CC#Cc1c(Br)cccc1[N+](=O)[O-]. The van der Waals surface area contributed by atoms with Crippen LogP contribution < -0.4 is 0 Å². The van der Waals surface area contributed by atoms with Crippen LogP contribution in [0.2, 0.25) is 0 Å². The average molecular weight is 240 g/mol. The maximum atomic E-state index is 10.6. The van der Waals surface area contributed by atoms with Crippen LogP contribution in [-0.2, 0) is 0 Å². The minimum absolute atomic E-state index is 0.0312. The Morgan fingerprint density at radius 1 is 1.54 bits per heavy atom. The van der Waals surface area contributed by atoms with Crippen molar-refractivity contribution in [2.45, 2.75) is 6.92 Å². The molecular weight excluding hydrogens is 234 g/mol. The van der Waals surface area contributed by atoms with E-state index in [0.717, 1.165) is 0 Å². The van der Waals surface area contributed by atoms with Gasteiger partial charge in [0.25, 0.3) is 5.69 Å². The normalized spacial score (nSPS) is 8.77. The van der Waals surface area contributed by atoms with E-state index in [-0.39, 0.29) is 5.69 Å². The molecule has 0 aromatic heterocycles. The minimum atomic E-state index is -0.440. The van der Waals surface area contributed by atoms with Crippen molar-refractivity contribution < 1.29 is 4.92 Å². The van der Waals surface area contributed by atoms with Gasteiger partial charge in [-0.15, -0.1) is 5.92 Å². The third kappa shape index (κ3) is 2.07. The Morgan fingerprint density at radius 2 is 2.23 bits per heavy atom. The number of nitro benzene ring substituents is 1. The largest absolute Gasteiger partial charge is 0.286 e. The molecule has 1 aromatic rings. The molecule has 0 aliphatic heterocycles. The first kappa shape index (κ1) is 9.75. The summed E-state index contributed by atoms with van der Waals surface area (Å²) >= 11 is 3.21. The summed E-state index contributed by atoms with van der Waals surface area (Å²) in [7, 11) is 0.